The van der Waals surface area contributed by atoms with Gasteiger partial charge in [-0.25, -0.2) is 4.68 Å². The quantitative estimate of drug-likeness (QED) is 0.139. The van der Waals surface area contributed by atoms with Crippen LogP contribution in [0.15, 0.2) is 72.8 Å². The Hall–Kier alpha value is -4.50. The number of carbonyl (C=O) groups is 2. The van der Waals surface area contributed by atoms with Crippen LogP contribution in [0, 0.1) is 5.41 Å². The third-order valence-corrected chi connectivity index (χ3v) is 9.68. The Kier molecular flexibility index (Phi) is 11.0. The maximum atomic E-state index is 13.8. The van der Waals surface area contributed by atoms with Gasteiger partial charge in [0.1, 0.15) is 11.4 Å². The van der Waals surface area contributed by atoms with Crippen LogP contribution in [0.4, 0.5) is 5.69 Å². The Morgan fingerprint density at radius 2 is 1.62 bits per heavy atom. The molecule has 2 N–H and O–H groups in total. The Morgan fingerprint density at radius 3 is 2.35 bits per heavy atom. The number of amides is 2. The van der Waals surface area contributed by atoms with Gasteiger partial charge in [0.05, 0.1) is 24.5 Å². The van der Waals surface area contributed by atoms with Crippen LogP contribution in [0.5, 0.6) is 5.75 Å². The van der Waals surface area contributed by atoms with E-state index in [1.54, 1.807) is 12.1 Å². The minimum absolute atomic E-state index is 0.00477. The van der Waals surface area contributed by atoms with Crippen molar-refractivity contribution in [2.75, 3.05) is 25.1 Å². The smallest absolute Gasteiger partial charge is 0.251 e. The molecule has 2 heterocycles. The average molecular weight is 651 g/mol. The Bertz CT molecular complexity index is 1710. The third kappa shape index (κ3) is 8.31. The molecule has 3 aromatic carbocycles. The van der Waals surface area contributed by atoms with Crippen molar-refractivity contribution < 1.29 is 14.3 Å². The monoisotopic (exact) mass is 650 g/mol. The molecule has 0 saturated carbocycles. The van der Waals surface area contributed by atoms with E-state index in [9.17, 15) is 9.59 Å². The van der Waals surface area contributed by atoms with E-state index < -0.39 is 0 Å². The highest BCUT2D eigenvalue weighted by atomic mass is 16.5. The highest BCUT2D eigenvalue weighted by molar-refractivity contribution is 6.00. The van der Waals surface area contributed by atoms with Gasteiger partial charge in [-0.05, 0) is 81.5 Å². The maximum absolute atomic E-state index is 13.8. The molecule has 1 aromatic heterocycles. The van der Waals surface area contributed by atoms with Crippen LogP contribution in [0.1, 0.15) is 82.6 Å². The Labute approximate surface area is 285 Å². The zero-order chi connectivity index (χ0) is 34.3. The highest BCUT2D eigenvalue weighted by Gasteiger charge is 2.29. The van der Waals surface area contributed by atoms with E-state index >= 15 is 0 Å². The molecule has 9 heteroatoms. The molecule has 0 radical (unpaired) electrons. The summed E-state index contributed by atoms with van der Waals surface area (Å²) in [7, 11) is 1.95. The summed E-state index contributed by atoms with van der Waals surface area (Å²) < 4.78 is 7.80. The first-order valence-corrected chi connectivity index (χ1v) is 17.1. The topological polar surface area (TPSA) is 101 Å². The first-order chi connectivity index (χ1) is 23.0. The molecule has 5 rings (SSSR count). The summed E-state index contributed by atoms with van der Waals surface area (Å²) in [4.78, 5) is 28.6. The molecular formula is C39H50N6O3. The Balaban J connectivity index is 1.27. The van der Waals surface area contributed by atoms with Gasteiger partial charge in [-0.1, -0.05) is 74.9 Å². The summed E-state index contributed by atoms with van der Waals surface area (Å²) in [5, 5.41) is 15.6. The van der Waals surface area contributed by atoms with Crippen molar-refractivity contribution in [3.05, 3.63) is 83.9 Å². The number of aryl methyl sites for hydroxylation is 1. The highest BCUT2D eigenvalue weighted by Crippen LogP contribution is 2.41. The van der Waals surface area contributed by atoms with Crippen LogP contribution in [0.25, 0.3) is 22.5 Å². The fourth-order valence-electron chi connectivity index (χ4n) is 5.74. The van der Waals surface area contributed by atoms with Gasteiger partial charge in [0.15, 0.2) is 0 Å². The average Bonchev–Trinajstić information content (AvgIpc) is 3.50. The number of benzene rings is 3. The number of para-hydroxylation sites is 1. The van der Waals surface area contributed by atoms with Crippen LogP contribution >= 0.6 is 0 Å². The fourth-order valence-corrected chi connectivity index (χ4v) is 5.74. The van der Waals surface area contributed by atoms with Crippen LogP contribution in [-0.2, 0) is 17.9 Å². The second kappa shape index (κ2) is 15.2. The van der Waals surface area contributed by atoms with Gasteiger partial charge in [0, 0.05) is 41.7 Å². The predicted molar refractivity (Wildman–Crippen MR) is 192 cm³/mol. The minimum atomic E-state index is -0.127. The molecule has 48 heavy (non-hydrogen) atoms. The van der Waals surface area contributed by atoms with E-state index in [1.807, 2.05) is 65.2 Å². The number of nitrogens with zero attached hydrogens (tertiary/aromatic N) is 4. The number of aromatic nitrogens is 3. The summed E-state index contributed by atoms with van der Waals surface area (Å²) in [6.45, 7) is 13.0. The molecule has 0 saturated heterocycles. The van der Waals surface area contributed by atoms with Gasteiger partial charge in [0.2, 0.25) is 5.91 Å². The van der Waals surface area contributed by atoms with Gasteiger partial charge in [0.25, 0.3) is 5.91 Å². The van der Waals surface area contributed by atoms with Gasteiger partial charge < -0.3 is 20.3 Å². The third-order valence-electron chi connectivity index (χ3n) is 9.68. The largest absolute Gasteiger partial charge is 0.494 e. The molecule has 0 fully saturated rings. The number of rotatable bonds is 14. The lowest BCUT2D eigenvalue weighted by Gasteiger charge is -2.30. The Morgan fingerprint density at radius 1 is 0.917 bits per heavy atom. The number of nitrogens with one attached hydrogen (secondary N) is 2. The molecule has 0 bridgehead atoms. The molecule has 1 aliphatic rings. The lowest BCUT2D eigenvalue weighted by atomic mass is 9.85. The number of carbonyl (C=O) groups excluding carboxylic acids is 2. The number of hydrogen-bond donors (Lipinski definition) is 2. The van der Waals surface area contributed by atoms with Crippen LogP contribution < -0.4 is 20.3 Å². The van der Waals surface area contributed by atoms with Crippen LogP contribution in [-0.4, -0.2) is 52.5 Å². The van der Waals surface area contributed by atoms with E-state index in [2.05, 4.69) is 67.7 Å². The number of hydrogen-bond acceptors (Lipinski definition) is 6. The van der Waals surface area contributed by atoms with Gasteiger partial charge in [-0.3, -0.25) is 9.59 Å². The molecule has 254 valence electrons. The number of fused-ring (bicyclic) bond motifs is 5. The summed E-state index contributed by atoms with van der Waals surface area (Å²) in [5.74, 6) is 0.732. The number of anilines is 1. The molecular weight excluding hydrogens is 600 g/mol. The summed E-state index contributed by atoms with van der Waals surface area (Å²) in [5.41, 5.74) is 6.19. The van der Waals surface area contributed by atoms with E-state index in [1.165, 1.54) is 0 Å². The standard InChI is InChI=1S/C39H50N6O3/c1-7-38(2,3)22-21-34(46)44-27-29-13-8-9-14-31(29)36-35(32-15-10-11-16-33(32)44)42-43-45(36)25-12-24-41-37(47)28-17-19-30(20-18-28)48-26-23-39(4,5)40-6/h8-11,13-20,40H,7,12,21-27H2,1-6H3,(H,41,47). The van der Waals surface area contributed by atoms with Crippen molar-refractivity contribution in [2.24, 2.45) is 5.41 Å². The first-order valence-electron chi connectivity index (χ1n) is 17.1. The normalized spacial score (nSPS) is 12.8. The molecule has 2 amide bonds. The SMILES string of the molecule is CCC(C)(C)CCC(=O)N1Cc2ccccc2-c2c(nnn2CCCNC(=O)c2ccc(OCCC(C)(C)NC)cc2)-c2ccccc21. The molecule has 4 aromatic rings. The molecule has 0 unspecified atom stereocenters. The van der Waals surface area contributed by atoms with Gasteiger partial charge in [-0.2, -0.15) is 0 Å². The fraction of sp³-hybridized carbons (Fsp3) is 0.436. The molecule has 0 atom stereocenters. The number of ether oxygens (including phenoxy) is 1. The lowest BCUT2D eigenvalue weighted by molar-refractivity contribution is -0.119. The summed E-state index contributed by atoms with van der Waals surface area (Å²) in [6.07, 6.45) is 3.88. The lowest BCUT2D eigenvalue weighted by Crippen LogP contribution is -2.37. The van der Waals surface area contributed by atoms with E-state index in [0.29, 0.717) is 44.6 Å². The molecule has 0 spiro atoms. The van der Waals surface area contributed by atoms with Crippen molar-refractivity contribution in [2.45, 2.75) is 85.4 Å². The second-order valence-electron chi connectivity index (χ2n) is 14.0. The van der Waals surface area contributed by atoms with Gasteiger partial charge >= 0.3 is 0 Å². The summed E-state index contributed by atoms with van der Waals surface area (Å²) in [6, 6.07) is 23.5. The van der Waals surface area contributed by atoms with E-state index in [0.717, 1.165) is 58.8 Å². The predicted octanol–water partition coefficient (Wildman–Crippen LogP) is 7.26. The minimum Gasteiger partial charge on any atom is -0.494 e. The van der Waals surface area contributed by atoms with Gasteiger partial charge in [-0.15, -0.1) is 5.10 Å². The van der Waals surface area contributed by atoms with Crippen molar-refractivity contribution in [1.29, 1.82) is 0 Å². The van der Waals surface area contributed by atoms with E-state index in [-0.39, 0.29) is 22.8 Å². The van der Waals surface area contributed by atoms with Crippen LogP contribution in [0.2, 0.25) is 0 Å². The molecule has 0 aliphatic carbocycles. The van der Waals surface area contributed by atoms with Crippen molar-refractivity contribution in [1.82, 2.24) is 25.6 Å². The molecule has 9 nitrogen and oxygen atoms in total. The molecule has 1 aliphatic heterocycles. The second-order valence-corrected chi connectivity index (χ2v) is 14.0. The zero-order valence-electron chi connectivity index (χ0n) is 29.3. The van der Waals surface area contributed by atoms with Crippen molar-refractivity contribution >= 4 is 17.5 Å². The maximum Gasteiger partial charge on any atom is 0.251 e. The summed E-state index contributed by atoms with van der Waals surface area (Å²) >= 11 is 0. The van der Waals surface area contributed by atoms with Crippen molar-refractivity contribution in [3.63, 3.8) is 0 Å². The van der Waals surface area contributed by atoms with E-state index in [4.69, 9.17) is 4.74 Å². The van der Waals surface area contributed by atoms with Crippen molar-refractivity contribution in [3.8, 4) is 28.3 Å². The van der Waals surface area contributed by atoms with Crippen LogP contribution in [0.3, 0.4) is 0 Å². The zero-order valence-corrected chi connectivity index (χ0v) is 29.3. The first kappa shape index (κ1) is 34.8.